The molecule has 3 nitrogen and oxygen atoms in total. The van der Waals surface area contributed by atoms with Crippen LogP contribution in [-0.2, 0) is 0 Å². The van der Waals surface area contributed by atoms with Gasteiger partial charge < -0.3 is 10.2 Å². The normalized spacial score (nSPS) is 17.8. The first-order chi connectivity index (χ1) is 6.27. The molecule has 0 unspecified atom stereocenters. The Balaban J connectivity index is 2.14. The molecule has 0 spiro atoms. The Hall–Kier alpha value is -0.260. The molecule has 0 atom stereocenters. The van der Waals surface area contributed by atoms with Crippen LogP contribution in [0.1, 0.15) is 4.88 Å². The van der Waals surface area contributed by atoms with Crippen LogP contribution < -0.4 is 10.2 Å². The van der Waals surface area contributed by atoms with Gasteiger partial charge >= 0.3 is 0 Å². The number of aryl methyl sites for hydroxylation is 1. The molecule has 72 valence electrons. The van der Waals surface area contributed by atoms with E-state index >= 15 is 0 Å². The van der Waals surface area contributed by atoms with E-state index in [1.54, 1.807) is 11.3 Å². The molecule has 0 aliphatic carbocycles. The topological polar surface area (TPSA) is 28.2 Å². The van der Waals surface area contributed by atoms with Crippen molar-refractivity contribution in [2.24, 2.45) is 0 Å². The van der Waals surface area contributed by atoms with Crippen molar-refractivity contribution >= 4 is 29.1 Å². The maximum Gasteiger partial charge on any atom is 0.186 e. The lowest BCUT2D eigenvalue weighted by molar-refractivity contribution is 0.587. The third-order valence-electron chi connectivity index (χ3n) is 2.15. The van der Waals surface area contributed by atoms with E-state index in [1.807, 2.05) is 0 Å². The van der Waals surface area contributed by atoms with Crippen molar-refractivity contribution in [2.45, 2.75) is 11.9 Å². The molecule has 13 heavy (non-hydrogen) atoms. The summed E-state index contributed by atoms with van der Waals surface area (Å²) in [5.74, 6) is 0. The highest BCUT2D eigenvalue weighted by molar-refractivity contribution is 7.80. The maximum atomic E-state index is 4.41. The van der Waals surface area contributed by atoms with Gasteiger partial charge in [-0.15, -0.1) is 24.0 Å². The smallest absolute Gasteiger partial charge is 0.186 e. The van der Waals surface area contributed by atoms with Crippen molar-refractivity contribution in [3.63, 3.8) is 0 Å². The highest BCUT2D eigenvalue weighted by atomic mass is 32.1. The Bertz CT molecular complexity index is 272. The molecule has 0 aromatic carbocycles. The van der Waals surface area contributed by atoms with Gasteiger partial charge in [0.25, 0.3) is 0 Å². The summed E-state index contributed by atoms with van der Waals surface area (Å²) in [7, 11) is 0. The largest absolute Gasteiger partial charge is 0.346 e. The van der Waals surface area contributed by atoms with Gasteiger partial charge in [0.05, 0.1) is 0 Å². The van der Waals surface area contributed by atoms with Gasteiger partial charge in [0.15, 0.2) is 5.13 Å². The Morgan fingerprint density at radius 1 is 1.46 bits per heavy atom. The van der Waals surface area contributed by atoms with Crippen LogP contribution in [0.25, 0.3) is 0 Å². The molecule has 1 saturated heterocycles. The lowest BCUT2D eigenvalue weighted by Crippen LogP contribution is -2.43. The van der Waals surface area contributed by atoms with Crippen LogP contribution in [0.15, 0.2) is 5.03 Å². The number of nitrogens with one attached hydrogen (secondary N) is 1. The molecule has 0 amide bonds. The van der Waals surface area contributed by atoms with Crippen molar-refractivity contribution in [1.82, 2.24) is 10.3 Å². The monoisotopic (exact) mass is 215 g/mol. The van der Waals surface area contributed by atoms with Crippen LogP contribution in [0, 0.1) is 6.92 Å². The molecular weight excluding hydrogens is 202 g/mol. The van der Waals surface area contributed by atoms with Crippen molar-refractivity contribution in [3.05, 3.63) is 4.88 Å². The Kier molecular flexibility index (Phi) is 2.76. The van der Waals surface area contributed by atoms with Crippen LogP contribution in [0.3, 0.4) is 0 Å². The van der Waals surface area contributed by atoms with Crippen LogP contribution >= 0.6 is 24.0 Å². The molecule has 1 aromatic heterocycles. The minimum Gasteiger partial charge on any atom is -0.346 e. The van der Waals surface area contributed by atoms with Crippen LogP contribution in [0.2, 0.25) is 0 Å². The maximum absolute atomic E-state index is 4.41. The third-order valence-corrected chi connectivity index (χ3v) is 3.77. The van der Waals surface area contributed by atoms with Crippen molar-refractivity contribution in [2.75, 3.05) is 31.1 Å². The molecule has 1 aromatic rings. The van der Waals surface area contributed by atoms with E-state index in [1.165, 1.54) is 4.88 Å². The molecule has 5 heteroatoms. The molecule has 1 N–H and O–H groups in total. The summed E-state index contributed by atoms with van der Waals surface area (Å²) in [6.45, 7) is 6.28. The van der Waals surface area contributed by atoms with Crippen molar-refractivity contribution in [1.29, 1.82) is 0 Å². The lowest BCUT2D eigenvalue weighted by atomic mass is 10.4. The first kappa shape index (κ1) is 9.30. The zero-order valence-corrected chi connectivity index (χ0v) is 9.29. The van der Waals surface area contributed by atoms with E-state index in [0.29, 0.717) is 0 Å². The molecule has 0 bridgehead atoms. The SMILES string of the molecule is Cc1sc(N2CCNCC2)nc1S. The van der Waals surface area contributed by atoms with Gasteiger partial charge in [-0.05, 0) is 6.92 Å². The summed E-state index contributed by atoms with van der Waals surface area (Å²) in [6.07, 6.45) is 0. The van der Waals surface area contributed by atoms with Crippen molar-refractivity contribution in [3.8, 4) is 0 Å². The van der Waals surface area contributed by atoms with E-state index in [-0.39, 0.29) is 0 Å². The Morgan fingerprint density at radius 2 is 2.15 bits per heavy atom. The van der Waals surface area contributed by atoms with Gasteiger partial charge in [0.2, 0.25) is 0 Å². The standard InChI is InChI=1S/C8H13N3S2/c1-6-7(12)10-8(13-6)11-4-2-9-3-5-11/h9,12H,2-5H2,1H3. The zero-order chi connectivity index (χ0) is 9.26. The van der Waals surface area contributed by atoms with E-state index in [4.69, 9.17) is 0 Å². The van der Waals surface area contributed by atoms with Crippen molar-refractivity contribution < 1.29 is 0 Å². The van der Waals surface area contributed by atoms with E-state index in [2.05, 4.69) is 34.8 Å². The fourth-order valence-electron chi connectivity index (χ4n) is 1.37. The summed E-state index contributed by atoms with van der Waals surface area (Å²) in [4.78, 5) is 7.93. The van der Waals surface area contributed by atoms with Gasteiger partial charge in [0, 0.05) is 31.1 Å². The number of piperazine rings is 1. The van der Waals surface area contributed by atoms with Crippen LogP contribution in [0.5, 0.6) is 0 Å². The predicted octanol–water partition coefficient (Wildman–Crippen LogP) is 1.15. The first-order valence-corrected chi connectivity index (χ1v) is 5.66. The second kappa shape index (κ2) is 3.86. The molecule has 1 fully saturated rings. The van der Waals surface area contributed by atoms with Gasteiger partial charge in [-0.25, -0.2) is 4.98 Å². The Labute approximate surface area is 87.6 Å². The van der Waals surface area contributed by atoms with E-state index in [0.717, 1.165) is 36.3 Å². The molecule has 2 rings (SSSR count). The fraction of sp³-hybridized carbons (Fsp3) is 0.625. The van der Waals surface area contributed by atoms with E-state index in [9.17, 15) is 0 Å². The number of hydrogen-bond donors (Lipinski definition) is 2. The molecule has 1 aliphatic rings. The Morgan fingerprint density at radius 3 is 2.69 bits per heavy atom. The zero-order valence-electron chi connectivity index (χ0n) is 7.58. The number of aromatic nitrogens is 1. The number of nitrogens with zero attached hydrogens (tertiary/aromatic N) is 2. The van der Waals surface area contributed by atoms with Crippen LogP contribution in [0.4, 0.5) is 5.13 Å². The van der Waals surface area contributed by atoms with Crippen LogP contribution in [-0.4, -0.2) is 31.2 Å². The molecular formula is C8H13N3S2. The molecule has 0 saturated carbocycles. The summed E-state index contributed by atoms with van der Waals surface area (Å²) >= 11 is 6.03. The minimum atomic E-state index is 0.874. The third kappa shape index (κ3) is 1.98. The second-order valence-corrected chi connectivity index (χ2v) is 4.72. The quantitative estimate of drug-likeness (QED) is 0.688. The number of thiazole rings is 1. The predicted molar refractivity (Wildman–Crippen MR) is 59.2 cm³/mol. The minimum absolute atomic E-state index is 0.874. The lowest BCUT2D eigenvalue weighted by Gasteiger charge is -2.26. The average molecular weight is 215 g/mol. The second-order valence-electron chi connectivity index (χ2n) is 3.11. The summed E-state index contributed by atoms with van der Waals surface area (Å²) < 4.78 is 0. The highest BCUT2D eigenvalue weighted by Gasteiger charge is 2.14. The number of rotatable bonds is 1. The molecule has 2 heterocycles. The number of anilines is 1. The van der Waals surface area contributed by atoms with Gasteiger partial charge in [0.1, 0.15) is 5.03 Å². The van der Waals surface area contributed by atoms with Gasteiger partial charge in [-0.3, -0.25) is 0 Å². The fourth-order valence-corrected chi connectivity index (χ4v) is 2.52. The molecule has 0 radical (unpaired) electrons. The summed E-state index contributed by atoms with van der Waals surface area (Å²) in [5.41, 5.74) is 0. The van der Waals surface area contributed by atoms with Gasteiger partial charge in [-0.2, -0.15) is 0 Å². The average Bonchev–Trinajstić information content (AvgIpc) is 2.49. The summed E-state index contributed by atoms with van der Waals surface area (Å²) in [5, 5.41) is 5.31. The highest BCUT2D eigenvalue weighted by Crippen LogP contribution is 2.27. The van der Waals surface area contributed by atoms with E-state index < -0.39 is 0 Å². The summed E-state index contributed by atoms with van der Waals surface area (Å²) in [6, 6.07) is 0. The first-order valence-electron chi connectivity index (χ1n) is 4.39. The number of hydrogen-bond acceptors (Lipinski definition) is 5. The molecule has 1 aliphatic heterocycles. The van der Waals surface area contributed by atoms with Gasteiger partial charge in [-0.1, -0.05) is 0 Å². The number of thiol groups is 1.